The molecule has 0 heterocycles. The standard InChI is InChI=1S/C14H23N/c1-4-12-6-8-13(9-7-12)14(15)10-5-11(2)3/h6-9,11,14H,4-5,10,15H2,1-3H3/t14-/m1/s1. The second-order valence-electron chi connectivity index (χ2n) is 4.67. The van der Waals surface area contributed by atoms with Gasteiger partial charge in [0.2, 0.25) is 0 Å². The molecule has 0 spiro atoms. The minimum absolute atomic E-state index is 0.207. The lowest BCUT2D eigenvalue weighted by Gasteiger charge is -2.13. The summed E-state index contributed by atoms with van der Waals surface area (Å²) in [5.74, 6) is 0.742. The maximum atomic E-state index is 6.13. The highest BCUT2D eigenvalue weighted by Gasteiger charge is 2.06. The summed E-state index contributed by atoms with van der Waals surface area (Å²) in [5.41, 5.74) is 8.79. The van der Waals surface area contributed by atoms with Crippen molar-refractivity contribution in [3.63, 3.8) is 0 Å². The molecule has 0 unspecified atom stereocenters. The van der Waals surface area contributed by atoms with E-state index in [0.29, 0.717) is 0 Å². The van der Waals surface area contributed by atoms with Crippen LogP contribution in [0.25, 0.3) is 0 Å². The summed E-state index contributed by atoms with van der Waals surface area (Å²) in [5, 5.41) is 0. The van der Waals surface area contributed by atoms with Crippen LogP contribution in [-0.4, -0.2) is 0 Å². The van der Waals surface area contributed by atoms with Crippen molar-refractivity contribution in [3.8, 4) is 0 Å². The van der Waals surface area contributed by atoms with Gasteiger partial charge in [-0.15, -0.1) is 0 Å². The fraction of sp³-hybridized carbons (Fsp3) is 0.571. The van der Waals surface area contributed by atoms with Crippen LogP contribution in [0.2, 0.25) is 0 Å². The van der Waals surface area contributed by atoms with E-state index in [-0.39, 0.29) is 6.04 Å². The van der Waals surface area contributed by atoms with Gasteiger partial charge in [-0.1, -0.05) is 45.0 Å². The molecule has 0 aromatic heterocycles. The molecule has 0 bridgehead atoms. The third-order valence-corrected chi connectivity index (χ3v) is 2.87. The first kappa shape index (κ1) is 12.3. The number of benzene rings is 1. The number of rotatable bonds is 5. The second kappa shape index (κ2) is 5.92. The van der Waals surface area contributed by atoms with E-state index in [9.17, 15) is 0 Å². The third-order valence-electron chi connectivity index (χ3n) is 2.87. The lowest BCUT2D eigenvalue weighted by Crippen LogP contribution is -2.11. The fourth-order valence-corrected chi connectivity index (χ4v) is 1.68. The summed E-state index contributed by atoms with van der Waals surface area (Å²) in [4.78, 5) is 0. The van der Waals surface area contributed by atoms with Crippen LogP contribution in [0.15, 0.2) is 24.3 Å². The van der Waals surface area contributed by atoms with Crippen LogP contribution in [0.4, 0.5) is 0 Å². The molecule has 84 valence electrons. The average Bonchev–Trinajstić information content (AvgIpc) is 2.26. The first-order valence-electron chi connectivity index (χ1n) is 5.98. The number of hydrogen-bond acceptors (Lipinski definition) is 1. The maximum Gasteiger partial charge on any atom is 0.0294 e. The molecule has 1 aromatic rings. The fourth-order valence-electron chi connectivity index (χ4n) is 1.68. The highest BCUT2D eigenvalue weighted by Crippen LogP contribution is 2.19. The van der Waals surface area contributed by atoms with E-state index >= 15 is 0 Å². The minimum Gasteiger partial charge on any atom is -0.324 e. The van der Waals surface area contributed by atoms with Crippen molar-refractivity contribution < 1.29 is 0 Å². The minimum atomic E-state index is 0.207. The Morgan fingerprint density at radius 1 is 1.07 bits per heavy atom. The van der Waals surface area contributed by atoms with E-state index in [0.717, 1.165) is 18.8 Å². The first-order valence-corrected chi connectivity index (χ1v) is 5.98. The van der Waals surface area contributed by atoms with Crippen LogP contribution in [0.1, 0.15) is 50.8 Å². The van der Waals surface area contributed by atoms with Gasteiger partial charge in [-0.05, 0) is 36.3 Å². The first-order chi connectivity index (χ1) is 7.13. The normalized spacial score (nSPS) is 13.1. The van der Waals surface area contributed by atoms with Gasteiger partial charge in [0.15, 0.2) is 0 Å². The van der Waals surface area contributed by atoms with Crippen molar-refractivity contribution >= 4 is 0 Å². The highest BCUT2D eigenvalue weighted by atomic mass is 14.6. The molecule has 0 amide bonds. The van der Waals surface area contributed by atoms with Gasteiger partial charge in [-0.3, -0.25) is 0 Å². The van der Waals surface area contributed by atoms with E-state index in [1.165, 1.54) is 17.5 Å². The Balaban J connectivity index is 2.54. The van der Waals surface area contributed by atoms with Crippen molar-refractivity contribution in [2.45, 2.75) is 46.1 Å². The van der Waals surface area contributed by atoms with Crippen LogP contribution in [0.5, 0.6) is 0 Å². The van der Waals surface area contributed by atoms with E-state index < -0.39 is 0 Å². The number of nitrogens with two attached hydrogens (primary N) is 1. The highest BCUT2D eigenvalue weighted by molar-refractivity contribution is 5.24. The Morgan fingerprint density at radius 2 is 1.67 bits per heavy atom. The topological polar surface area (TPSA) is 26.0 Å². The third kappa shape index (κ3) is 4.05. The van der Waals surface area contributed by atoms with Crippen molar-refractivity contribution in [1.82, 2.24) is 0 Å². The van der Waals surface area contributed by atoms with E-state index in [2.05, 4.69) is 45.0 Å². The zero-order valence-corrected chi connectivity index (χ0v) is 10.2. The number of aryl methyl sites for hydroxylation is 1. The van der Waals surface area contributed by atoms with Gasteiger partial charge in [-0.25, -0.2) is 0 Å². The summed E-state index contributed by atoms with van der Waals surface area (Å²) in [6.45, 7) is 6.66. The molecule has 1 atom stereocenters. The Labute approximate surface area is 93.7 Å². The van der Waals surface area contributed by atoms with Gasteiger partial charge in [-0.2, -0.15) is 0 Å². The monoisotopic (exact) mass is 205 g/mol. The molecule has 2 N–H and O–H groups in total. The van der Waals surface area contributed by atoms with Crippen molar-refractivity contribution in [3.05, 3.63) is 35.4 Å². The van der Waals surface area contributed by atoms with Crippen molar-refractivity contribution in [1.29, 1.82) is 0 Å². The Bertz CT molecular complexity index is 274. The molecule has 1 nitrogen and oxygen atoms in total. The molecule has 1 rings (SSSR count). The summed E-state index contributed by atoms with van der Waals surface area (Å²) in [6.07, 6.45) is 3.39. The van der Waals surface area contributed by atoms with Crippen LogP contribution >= 0.6 is 0 Å². The van der Waals surface area contributed by atoms with Gasteiger partial charge in [0.1, 0.15) is 0 Å². The SMILES string of the molecule is CCc1ccc([C@H](N)CCC(C)C)cc1. The number of hydrogen-bond donors (Lipinski definition) is 1. The van der Waals surface area contributed by atoms with Crippen LogP contribution in [-0.2, 0) is 6.42 Å². The molecular weight excluding hydrogens is 182 g/mol. The largest absolute Gasteiger partial charge is 0.324 e. The zero-order valence-electron chi connectivity index (χ0n) is 10.2. The molecular formula is C14H23N. The van der Waals surface area contributed by atoms with Crippen LogP contribution < -0.4 is 5.73 Å². The quantitative estimate of drug-likeness (QED) is 0.779. The Morgan fingerprint density at radius 3 is 2.13 bits per heavy atom. The Kier molecular flexibility index (Phi) is 4.83. The predicted molar refractivity (Wildman–Crippen MR) is 66.8 cm³/mol. The van der Waals surface area contributed by atoms with Crippen LogP contribution in [0.3, 0.4) is 0 Å². The summed E-state index contributed by atoms with van der Waals surface area (Å²) >= 11 is 0. The molecule has 15 heavy (non-hydrogen) atoms. The van der Waals surface area contributed by atoms with Gasteiger partial charge >= 0.3 is 0 Å². The molecule has 1 heteroatoms. The summed E-state index contributed by atoms with van der Waals surface area (Å²) in [7, 11) is 0. The molecule has 0 fully saturated rings. The van der Waals surface area contributed by atoms with Gasteiger partial charge in [0.05, 0.1) is 0 Å². The molecule has 0 saturated heterocycles. The van der Waals surface area contributed by atoms with E-state index in [4.69, 9.17) is 5.73 Å². The molecule has 0 radical (unpaired) electrons. The average molecular weight is 205 g/mol. The molecule has 1 aromatic carbocycles. The summed E-state index contributed by atoms with van der Waals surface area (Å²) < 4.78 is 0. The lowest BCUT2D eigenvalue weighted by atomic mass is 9.97. The van der Waals surface area contributed by atoms with Gasteiger partial charge in [0, 0.05) is 6.04 Å². The predicted octanol–water partition coefficient (Wildman–Crippen LogP) is 3.69. The van der Waals surface area contributed by atoms with Gasteiger partial charge in [0.25, 0.3) is 0 Å². The molecule has 0 aliphatic rings. The molecule has 0 saturated carbocycles. The lowest BCUT2D eigenvalue weighted by molar-refractivity contribution is 0.507. The van der Waals surface area contributed by atoms with E-state index in [1.807, 2.05) is 0 Å². The molecule has 0 aliphatic heterocycles. The van der Waals surface area contributed by atoms with Crippen LogP contribution in [0, 0.1) is 5.92 Å². The van der Waals surface area contributed by atoms with Crippen molar-refractivity contribution in [2.24, 2.45) is 11.7 Å². The molecule has 0 aliphatic carbocycles. The maximum absolute atomic E-state index is 6.13. The van der Waals surface area contributed by atoms with Gasteiger partial charge < -0.3 is 5.73 Å². The van der Waals surface area contributed by atoms with E-state index in [1.54, 1.807) is 0 Å². The summed E-state index contributed by atoms with van der Waals surface area (Å²) in [6, 6.07) is 8.92. The second-order valence-corrected chi connectivity index (χ2v) is 4.67. The Hall–Kier alpha value is -0.820. The zero-order chi connectivity index (χ0) is 11.3. The smallest absolute Gasteiger partial charge is 0.0294 e. The van der Waals surface area contributed by atoms with Crippen molar-refractivity contribution in [2.75, 3.05) is 0 Å².